The lowest BCUT2D eigenvalue weighted by atomic mass is 9.95. The molecule has 1 amide bonds. The van der Waals surface area contributed by atoms with E-state index in [1.807, 2.05) is 31.2 Å². The molecule has 0 aliphatic heterocycles. The van der Waals surface area contributed by atoms with Gasteiger partial charge in [-0.25, -0.2) is 4.79 Å². The van der Waals surface area contributed by atoms with Gasteiger partial charge in [0.05, 0.1) is 20.8 Å². The first kappa shape index (κ1) is 24.5. The number of halogens is 1. The molecule has 0 unspecified atom stereocenters. The van der Waals surface area contributed by atoms with Crippen molar-refractivity contribution in [2.45, 2.75) is 26.2 Å². The van der Waals surface area contributed by atoms with E-state index >= 15 is 0 Å². The van der Waals surface area contributed by atoms with E-state index in [0.717, 1.165) is 29.5 Å². The third-order valence-corrected chi connectivity index (χ3v) is 5.03. The van der Waals surface area contributed by atoms with Crippen LogP contribution in [0.25, 0.3) is 0 Å². The highest BCUT2D eigenvalue weighted by atomic mass is 35.5. The zero-order valence-corrected chi connectivity index (χ0v) is 18.8. The Hall–Kier alpha value is -2.77. The number of carbonyl (C=O) groups excluding carboxylic acids is 1. The van der Waals surface area contributed by atoms with Crippen LogP contribution < -0.4 is 14.8 Å². The van der Waals surface area contributed by atoms with Crippen molar-refractivity contribution in [1.82, 2.24) is 5.32 Å². The molecule has 0 aromatic heterocycles. The first-order chi connectivity index (χ1) is 14.9. The molecule has 0 aliphatic carbocycles. The Bertz CT molecular complexity index is 915. The molecule has 0 spiro atoms. The third kappa shape index (κ3) is 7.15. The SMILES string of the molecule is COc1cc(C(=O)NCCOCC(=O)O)c(CCCc2cccc(Cl)c2)c(OC)c1C. The predicted octanol–water partition coefficient (Wildman–Crippen LogP) is 3.67. The summed E-state index contributed by atoms with van der Waals surface area (Å²) >= 11 is 6.07. The number of ether oxygens (including phenoxy) is 3. The van der Waals surface area contributed by atoms with Gasteiger partial charge in [0.25, 0.3) is 5.91 Å². The quantitative estimate of drug-likeness (QED) is 0.480. The van der Waals surface area contributed by atoms with Crippen LogP contribution in [-0.4, -0.2) is 51.0 Å². The van der Waals surface area contributed by atoms with Gasteiger partial charge < -0.3 is 24.6 Å². The van der Waals surface area contributed by atoms with E-state index < -0.39 is 12.6 Å². The zero-order valence-electron chi connectivity index (χ0n) is 18.0. The third-order valence-electron chi connectivity index (χ3n) is 4.79. The molecule has 0 radical (unpaired) electrons. The number of nitrogens with one attached hydrogen (secondary N) is 1. The molecule has 2 rings (SSSR count). The number of methoxy groups -OCH3 is 2. The van der Waals surface area contributed by atoms with Crippen molar-refractivity contribution < 1.29 is 28.9 Å². The fourth-order valence-corrected chi connectivity index (χ4v) is 3.59. The highest BCUT2D eigenvalue weighted by molar-refractivity contribution is 6.30. The number of hydrogen-bond donors (Lipinski definition) is 2. The summed E-state index contributed by atoms with van der Waals surface area (Å²) in [7, 11) is 3.12. The standard InChI is InChI=1S/C23H28ClNO6/c1-15-20(29-2)13-19(23(28)25-10-11-31-14-21(26)27)18(22(15)30-3)9-5-7-16-6-4-8-17(24)12-16/h4,6,8,12-13H,5,7,9-11,14H2,1-3H3,(H,25,28)(H,26,27). The van der Waals surface area contributed by atoms with E-state index in [2.05, 4.69) is 5.32 Å². The number of aliphatic carboxylic acids is 1. The summed E-state index contributed by atoms with van der Waals surface area (Å²) in [4.78, 5) is 23.4. The van der Waals surface area contributed by atoms with Crippen molar-refractivity contribution in [1.29, 1.82) is 0 Å². The summed E-state index contributed by atoms with van der Waals surface area (Å²) in [6, 6.07) is 9.42. The number of amides is 1. The Balaban J connectivity index is 2.18. The normalized spacial score (nSPS) is 10.6. The summed E-state index contributed by atoms with van der Waals surface area (Å²) in [6.07, 6.45) is 2.22. The van der Waals surface area contributed by atoms with Gasteiger partial charge >= 0.3 is 5.97 Å². The van der Waals surface area contributed by atoms with Gasteiger partial charge in [-0.2, -0.15) is 0 Å². The van der Waals surface area contributed by atoms with E-state index in [4.69, 9.17) is 30.9 Å². The van der Waals surface area contributed by atoms with Gasteiger partial charge in [-0.05, 0) is 49.9 Å². The molecule has 0 heterocycles. The molecule has 0 bridgehead atoms. The van der Waals surface area contributed by atoms with E-state index in [-0.39, 0.29) is 19.1 Å². The Morgan fingerprint density at radius 2 is 1.90 bits per heavy atom. The smallest absolute Gasteiger partial charge is 0.329 e. The van der Waals surface area contributed by atoms with E-state index in [0.29, 0.717) is 28.5 Å². The van der Waals surface area contributed by atoms with Crippen LogP contribution in [0.3, 0.4) is 0 Å². The largest absolute Gasteiger partial charge is 0.496 e. The van der Waals surface area contributed by atoms with Crippen molar-refractivity contribution in [3.05, 3.63) is 57.6 Å². The summed E-state index contributed by atoms with van der Waals surface area (Å²) in [5.41, 5.74) is 3.21. The first-order valence-corrected chi connectivity index (χ1v) is 10.3. The maximum Gasteiger partial charge on any atom is 0.329 e. The van der Waals surface area contributed by atoms with Gasteiger partial charge in [-0.3, -0.25) is 4.79 Å². The van der Waals surface area contributed by atoms with Crippen molar-refractivity contribution in [3.63, 3.8) is 0 Å². The average molecular weight is 450 g/mol. The number of hydrogen-bond acceptors (Lipinski definition) is 5. The highest BCUT2D eigenvalue weighted by Crippen LogP contribution is 2.35. The number of benzene rings is 2. The van der Waals surface area contributed by atoms with E-state index in [1.165, 1.54) is 0 Å². The van der Waals surface area contributed by atoms with E-state index in [9.17, 15) is 9.59 Å². The maximum absolute atomic E-state index is 12.9. The van der Waals surface area contributed by atoms with Crippen LogP contribution in [0.4, 0.5) is 0 Å². The molecule has 2 aromatic carbocycles. The molecule has 0 saturated carbocycles. The number of carboxylic acids is 1. The Morgan fingerprint density at radius 3 is 2.55 bits per heavy atom. The molecule has 0 fully saturated rings. The maximum atomic E-state index is 12.9. The van der Waals surface area contributed by atoms with Crippen LogP contribution in [0.15, 0.2) is 30.3 Å². The van der Waals surface area contributed by atoms with Crippen LogP contribution in [0.5, 0.6) is 11.5 Å². The first-order valence-electron chi connectivity index (χ1n) is 9.94. The molecule has 8 heteroatoms. The van der Waals surface area contributed by atoms with Gasteiger partial charge in [0.2, 0.25) is 0 Å². The molecule has 0 aliphatic rings. The second-order valence-corrected chi connectivity index (χ2v) is 7.39. The molecule has 2 aromatic rings. The number of rotatable bonds is 12. The molecular formula is C23H28ClNO6. The van der Waals surface area contributed by atoms with Gasteiger partial charge in [0, 0.05) is 28.3 Å². The predicted molar refractivity (Wildman–Crippen MR) is 119 cm³/mol. The van der Waals surface area contributed by atoms with Crippen LogP contribution in [-0.2, 0) is 22.4 Å². The second-order valence-electron chi connectivity index (χ2n) is 6.95. The van der Waals surface area contributed by atoms with Crippen LogP contribution in [0, 0.1) is 6.92 Å². The lowest BCUT2D eigenvalue weighted by molar-refractivity contribution is -0.142. The highest BCUT2D eigenvalue weighted by Gasteiger charge is 2.21. The number of carbonyl (C=O) groups is 2. The summed E-state index contributed by atoms with van der Waals surface area (Å²) < 4.78 is 16.0. The molecule has 7 nitrogen and oxygen atoms in total. The molecule has 168 valence electrons. The fraction of sp³-hybridized carbons (Fsp3) is 0.391. The van der Waals surface area contributed by atoms with Gasteiger partial charge in [-0.15, -0.1) is 0 Å². The van der Waals surface area contributed by atoms with Crippen LogP contribution >= 0.6 is 11.6 Å². The van der Waals surface area contributed by atoms with Crippen molar-refractivity contribution in [2.75, 3.05) is 34.0 Å². The van der Waals surface area contributed by atoms with Gasteiger partial charge in [0.15, 0.2) is 0 Å². The lowest BCUT2D eigenvalue weighted by Crippen LogP contribution is -2.29. The monoisotopic (exact) mass is 449 g/mol. The Kier molecular flexibility index (Phi) is 9.62. The van der Waals surface area contributed by atoms with Crippen LogP contribution in [0.2, 0.25) is 5.02 Å². The minimum absolute atomic E-state index is 0.0995. The van der Waals surface area contributed by atoms with Gasteiger partial charge in [0.1, 0.15) is 18.1 Å². The van der Waals surface area contributed by atoms with Crippen molar-refractivity contribution in [3.8, 4) is 11.5 Å². The zero-order chi connectivity index (χ0) is 22.8. The Labute approximate surface area is 187 Å². The summed E-state index contributed by atoms with van der Waals surface area (Å²) in [6.45, 7) is 1.77. The van der Waals surface area contributed by atoms with Crippen molar-refractivity contribution in [2.24, 2.45) is 0 Å². The molecule has 2 N–H and O–H groups in total. The molecule has 31 heavy (non-hydrogen) atoms. The summed E-state index contributed by atoms with van der Waals surface area (Å²) in [5.74, 6) is -0.171. The molecule has 0 saturated heterocycles. The van der Waals surface area contributed by atoms with Crippen LogP contribution in [0.1, 0.15) is 33.5 Å². The number of aryl methyl sites for hydroxylation is 1. The van der Waals surface area contributed by atoms with Crippen molar-refractivity contribution >= 4 is 23.5 Å². The number of carboxylic acid groups (broad SMARTS) is 1. The average Bonchev–Trinajstić information content (AvgIpc) is 2.73. The fourth-order valence-electron chi connectivity index (χ4n) is 3.38. The van der Waals surface area contributed by atoms with Gasteiger partial charge in [-0.1, -0.05) is 23.7 Å². The topological polar surface area (TPSA) is 94.1 Å². The molecular weight excluding hydrogens is 422 g/mol. The second kappa shape index (κ2) is 12.2. The van der Waals surface area contributed by atoms with E-state index in [1.54, 1.807) is 20.3 Å². The Morgan fingerprint density at radius 1 is 1.13 bits per heavy atom. The minimum Gasteiger partial charge on any atom is -0.496 e. The minimum atomic E-state index is -1.05. The summed E-state index contributed by atoms with van der Waals surface area (Å²) in [5, 5.41) is 12.1. The molecule has 0 atom stereocenters. The lowest BCUT2D eigenvalue weighted by Gasteiger charge is -2.19.